The summed E-state index contributed by atoms with van der Waals surface area (Å²) in [5, 5.41) is 3.82. The molecule has 0 aliphatic heterocycles. The number of aromatic nitrogens is 1. The number of nitrogens with zero attached hydrogens (tertiary/aromatic N) is 1. The molecule has 0 saturated carbocycles. The molecule has 116 valence electrons. The Bertz CT molecular complexity index is 853. The van der Waals surface area contributed by atoms with E-state index in [9.17, 15) is 9.18 Å². The number of para-hydroxylation sites is 1. The summed E-state index contributed by atoms with van der Waals surface area (Å²) in [6.45, 7) is -0.166. The van der Waals surface area contributed by atoms with E-state index in [0.717, 1.165) is 0 Å². The van der Waals surface area contributed by atoms with Crippen LogP contribution in [0.3, 0.4) is 0 Å². The molecule has 0 atom stereocenters. The van der Waals surface area contributed by atoms with Crippen LogP contribution >= 0.6 is 11.6 Å². The minimum absolute atomic E-state index is 0.166. The second-order valence-electron chi connectivity index (χ2n) is 4.79. The molecule has 0 radical (unpaired) electrons. The zero-order chi connectivity index (χ0) is 16.2. The summed E-state index contributed by atoms with van der Waals surface area (Å²) in [7, 11) is 0. The topological polar surface area (TPSA) is 51.2 Å². The number of benzene rings is 2. The summed E-state index contributed by atoms with van der Waals surface area (Å²) in [4.78, 5) is 16.0. The van der Waals surface area contributed by atoms with Crippen LogP contribution in [0.2, 0.25) is 5.02 Å². The number of anilines is 1. The van der Waals surface area contributed by atoms with Crippen molar-refractivity contribution in [3.63, 3.8) is 0 Å². The third kappa shape index (κ3) is 3.57. The molecule has 0 unspecified atom stereocenters. The quantitative estimate of drug-likeness (QED) is 0.785. The van der Waals surface area contributed by atoms with Crippen molar-refractivity contribution in [2.24, 2.45) is 0 Å². The Morgan fingerprint density at radius 1 is 1.17 bits per heavy atom. The van der Waals surface area contributed by atoms with E-state index in [1.807, 2.05) is 0 Å². The molecule has 3 aromatic rings. The van der Waals surface area contributed by atoms with E-state index in [-0.39, 0.29) is 18.0 Å². The summed E-state index contributed by atoms with van der Waals surface area (Å²) in [5.74, 6) is -0.247. The number of nitrogens with one attached hydrogen (secondary N) is 1. The van der Waals surface area contributed by atoms with Crippen LogP contribution in [0.1, 0.15) is 0 Å². The molecule has 0 aliphatic carbocycles. The van der Waals surface area contributed by atoms with Gasteiger partial charge in [0.1, 0.15) is 17.1 Å². The van der Waals surface area contributed by atoms with E-state index in [4.69, 9.17) is 16.3 Å². The standard InChI is InChI=1S/C17H12ClFN2O2/c18-11-4-6-12(7-5-11)23-10-16(22)21-15-8-9-20-17-13(15)2-1-3-14(17)19/h1-9H,10H2,(H,20,21,22). The van der Waals surface area contributed by atoms with Gasteiger partial charge < -0.3 is 10.1 Å². The number of halogens is 2. The molecule has 1 amide bonds. The second-order valence-corrected chi connectivity index (χ2v) is 5.22. The molecule has 1 aromatic heterocycles. The Balaban J connectivity index is 1.71. The van der Waals surface area contributed by atoms with E-state index in [1.54, 1.807) is 42.5 Å². The lowest BCUT2D eigenvalue weighted by Gasteiger charge is -2.10. The average Bonchev–Trinajstić information content (AvgIpc) is 2.55. The van der Waals surface area contributed by atoms with Gasteiger partial charge in [0.2, 0.25) is 0 Å². The number of rotatable bonds is 4. The van der Waals surface area contributed by atoms with E-state index in [2.05, 4.69) is 10.3 Å². The lowest BCUT2D eigenvalue weighted by Crippen LogP contribution is -2.20. The number of ether oxygens (including phenoxy) is 1. The van der Waals surface area contributed by atoms with Gasteiger partial charge in [-0.2, -0.15) is 0 Å². The first-order valence-corrected chi connectivity index (χ1v) is 7.23. The number of amides is 1. The molecule has 3 rings (SSSR count). The van der Waals surface area contributed by atoms with Gasteiger partial charge in [0.05, 0.1) is 5.69 Å². The van der Waals surface area contributed by atoms with Gasteiger partial charge in [0.15, 0.2) is 6.61 Å². The minimum atomic E-state index is -0.434. The molecule has 0 bridgehead atoms. The predicted molar refractivity (Wildman–Crippen MR) is 87.3 cm³/mol. The summed E-state index contributed by atoms with van der Waals surface area (Å²) in [5.41, 5.74) is 0.697. The van der Waals surface area contributed by atoms with E-state index < -0.39 is 5.82 Å². The molecule has 1 heterocycles. The van der Waals surface area contributed by atoms with Crippen LogP contribution in [-0.2, 0) is 4.79 Å². The zero-order valence-electron chi connectivity index (χ0n) is 11.9. The Morgan fingerprint density at radius 3 is 2.74 bits per heavy atom. The number of hydrogen-bond acceptors (Lipinski definition) is 3. The van der Waals surface area contributed by atoms with Crippen LogP contribution in [-0.4, -0.2) is 17.5 Å². The van der Waals surface area contributed by atoms with Gasteiger partial charge in [-0.3, -0.25) is 9.78 Å². The normalized spacial score (nSPS) is 10.5. The fraction of sp³-hybridized carbons (Fsp3) is 0.0588. The van der Waals surface area contributed by atoms with Gasteiger partial charge in [-0.05, 0) is 36.4 Å². The highest BCUT2D eigenvalue weighted by atomic mass is 35.5. The molecule has 23 heavy (non-hydrogen) atoms. The molecular formula is C17H12ClFN2O2. The van der Waals surface area contributed by atoms with Crippen LogP contribution in [0.4, 0.5) is 10.1 Å². The van der Waals surface area contributed by atoms with Gasteiger partial charge >= 0.3 is 0 Å². The van der Waals surface area contributed by atoms with Crippen LogP contribution < -0.4 is 10.1 Å². The maximum atomic E-state index is 13.7. The molecule has 0 aliphatic rings. The van der Waals surface area contributed by atoms with E-state index in [0.29, 0.717) is 21.8 Å². The summed E-state index contributed by atoms with van der Waals surface area (Å²) in [6, 6.07) is 12.9. The number of fused-ring (bicyclic) bond motifs is 1. The molecule has 0 fully saturated rings. The first-order valence-electron chi connectivity index (χ1n) is 6.85. The van der Waals surface area contributed by atoms with Gasteiger partial charge in [0, 0.05) is 16.6 Å². The van der Waals surface area contributed by atoms with Crippen molar-refractivity contribution in [3.05, 3.63) is 65.6 Å². The number of pyridine rings is 1. The first kappa shape index (κ1) is 15.2. The Hall–Kier alpha value is -2.66. The maximum Gasteiger partial charge on any atom is 0.262 e. The second kappa shape index (κ2) is 6.62. The van der Waals surface area contributed by atoms with Crippen LogP contribution in [0.25, 0.3) is 10.9 Å². The van der Waals surface area contributed by atoms with Gasteiger partial charge in [-0.1, -0.05) is 23.7 Å². The largest absolute Gasteiger partial charge is 0.484 e. The minimum Gasteiger partial charge on any atom is -0.484 e. The van der Waals surface area contributed by atoms with Crippen molar-refractivity contribution in [2.45, 2.75) is 0 Å². The molecular weight excluding hydrogens is 319 g/mol. The SMILES string of the molecule is O=C(COc1ccc(Cl)cc1)Nc1ccnc2c(F)cccc12. The summed E-state index contributed by atoms with van der Waals surface area (Å²) >= 11 is 5.78. The van der Waals surface area contributed by atoms with Crippen molar-refractivity contribution in [3.8, 4) is 5.75 Å². The van der Waals surface area contributed by atoms with Crippen molar-refractivity contribution in [1.82, 2.24) is 4.98 Å². The van der Waals surface area contributed by atoms with Crippen LogP contribution in [0, 0.1) is 5.82 Å². The number of carbonyl (C=O) groups is 1. The van der Waals surface area contributed by atoms with E-state index >= 15 is 0 Å². The Kier molecular flexibility index (Phi) is 4.39. The molecule has 2 aromatic carbocycles. The third-order valence-corrected chi connectivity index (χ3v) is 3.43. The number of hydrogen-bond donors (Lipinski definition) is 1. The number of carbonyl (C=O) groups excluding carboxylic acids is 1. The molecule has 6 heteroatoms. The maximum absolute atomic E-state index is 13.7. The highest BCUT2D eigenvalue weighted by molar-refractivity contribution is 6.30. The summed E-state index contributed by atoms with van der Waals surface area (Å²) < 4.78 is 19.1. The molecule has 0 spiro atoms. The lowest BCUT2D eigenvalue weighted by molar-refractivity contribution is -0.118. The summed E-state index contributed by atoms with van der Waals surface area (Å²) in [6.07, 6.45) is 1.45. The van der Waals surface area contributed by atoms with Crippen molar-refractivity contribution in [1.29, 1.82) is 0 Å². The zero-order valence-corrected chi connectivity index (χ0v) is 12.7. The van der Waals surface area contributed by atoms with Gasteiger partial charge in [-0.25, -0.2) is 4.39 Å². The highest BCUT2D eigenvalue weighted by Crippen LogP contribution is 2.23. The molecule has 0 saturated heterocycles. The third-order valence-electron chi connectivity index (χ3n) is 3.18. The average molecular weight is 331 g/mol. The van der Waals surface area contributed by atoms with E-state index in [1.165, 1.54) is 12.3 Å². The van der Waals surface area contributed by atoms with Gasteiger partial charge in [0.25, 0.3) is 5.91 Å². The van der Waals surface area contributed by atoms with Crippen molar-refractivity contribution < 1.29 is 13.9 Å². The fourth-order valence-corrected chi connectivity index (χ4v) is 2.24. The van der Waals surface area contributed by atoms with Crippen molar-refractivity contribution >= 4 is 34.1 Å². The lowest BCUT2D eigenvalue weighted by atomic mass is 10.2. The van der Waals surface area contributed by atoms with Crippen LogP contribution in [0.5, 0.6) is 5.75 Å². The predicted octanol–water partition coefficient (Wildman–Crippen LogP) is 4.04. The van der Waals surface area contributed by atoms with Crippen molar-refractivity contribution in [2.75, 3.05) is 11.9 Å². The monoisotopic (exact) mass is 330 g/mol. The molecule has 1 N–H and O–H groups in total. The smallest absolute Gasteiger partial charge is 0.262 e. The highest BCUT2D eigenvalue weighted by Gasteiger charge is 2.09. The Labute approximate surface area is 136 Å². The van der Waals surface area contributed by atoms with Crippen LogP contribution in [0.15, 0.2) is 54.7 Å². The Morgan fingerprint density at radius 2 is 1.96 bits per heavy atom. The van der Waals surface area contributed by atoms with Gasteiger partial charge in [-0.15, -0.1) is 0 Å². The molecule has 4 nitrogen and oxygen atoms in total. The first-order chi connectivity index (χ1) is 11.1. The fourth-order valence-electron chi connectivity index (χ4n) is 2.11.